The van der Waals surface area contributed by atoms with Crippen molar-refractivity contribution < 1.29 is 8.42 Å². The van der Waals surface area contributed by atoms with Crippen LogP contribution < -0.4 is 10.5 Å². The molecule has 1 unspecified atom stereocenters. The van der Waals surface area contributed by atoms with Crippen LogP contribution in [0.25, 0.3) is 0 Å². The summed E-state index contributed by atoms with van der Waals surface area (Å²) < 4.78 is 28.1. The number of aryl methyl sites for hydroxylation is 1. The second-order valence-electron chi connectivity index (χ2n) is 4.34. The van der Waals surface area contributed by atoms with E-state index >= 15 is 0 Å². The summed E-state index contributed by atoms with van der Waals surface area (Å²) in [7, 11) is -3.74. The third kappa shape index (κ3) is 3.30. The minimum absolute atomic E-state index is 0.0590. The van der Waals surface area contributed by atoms with Crippen molar-refractivity contribution in [2.24, 2.45) is 11.7 Å². The first-order valence-corrected chi connectivity index (χ1v) is 7.14. The Balaban J connectivity index is 2.96. The minimum atomic E-state index is -3.74. The molecule has 0 fully saturated rings. The fraction of sp³-hybridized carbons (Fsp3) is 0.600. The summed E-state index contributed by atoms with van der Waals surface area (Å²) in [6.07, 6.45) is 2.90. The first kappa shape index (κ1) is 14.7. The number of nitrogens with one attached hydrogen (secondary N) is 2. The maximum Gasteiger partial charge on any atom is 0.260 e. The molecular weight excluding hydrogens is 254 g/mol. The van der Waals surface area contributed by atoms with Crippen LogP contribution in [0.15, 0.2) is 17.6 Å². The number of imidazole rings is 1. The van der Waals surface area contributed by atoms with Crippen LogP contribution in [0.4, 0.5) is 0 Å². The third-order valence-corrected chi connectivity index (χ3v) is 3.86. The molecule has 1 aromatic heterocycles. The molecule has 0 aliphatic carbocycles. The molecule has 1 heterocycles. The predicted octanol–water partition coefficient (Wildman–Crippen LogP) is 0.142. The molecule has 0 aliphatic rings. The number of aromatic nitrogens is 2. The fourth-order valence-corrected chi connectivity index (χ4v) is 2.75. The van der Waals surface area contributed by atoms with Gasteiger partial charge in [0, 0.05) is 12.7 Å². The molecule has 102 valence electrons. The van der Waals surface area contributed by atoms with Crippen LogP contribution in [-0.2, 0) is 16.6 Å². The van der Waals surface area contributed by atoms with Crippen LogP contribution >= 0.6 is 0 Å². The van der Waals surface area contributed by atoms with Gasteiger partial charge in [-0.05, 0) is 12.8 Å². The summed E-state index contributed by atoms with van der Waals surface area (Å²) in [5, 5.41) is 7.33. The van der Waals surface area contributed by atoms with Crippen molar-refractivity contribution in [3.05, 3.63) is 12.5 Å². The molecule has 0 saturated heterocycles. The second kappa shape index (κ2) is 5.49. The predicted molar refractivity (Wildman–Crippen MR) is 68.8 cm³/mol. The zero-order valence-corrected chi connectivity index (χ0v) is 11.5. The summed E-state index contributed by atoms with van der Waals surface area (Å²) in [5.74, 6) is -0.311. The van der Waals surface area contributed by atoms with E-state index in [-0.39, 0.29) is 16.8 Å². The standard InChI is InChI=1S/C10H19N5O2S/c1-4-15-5-8(13-6-15)18(16,17)14-9(7(2)3)10(11)12/h5-7,9,14H,4H2,1-3H3,(H3,11,12). The normalized spacial score (nSPS) is 13.8. The molecule has 0 aliphatic heterocycles. The highest BCUT2D eigenvalue weighted by Gasteiger charge is 2.26. The molecule has 8 heteroatoms. The van der Waals surface area contributed by atoms with Gasteiger partial charge in [-0.1, -0.05) is 13.8 Å². The Morgan fingerprint density at radius 3 is 2.61 bits per heavy atom. The van der Waals surface area contributed by atoms with E-state index in [9.17, 15) is 8.42 Å². The highest BCUT2D eigenvalue weighted by Crippen LogP contribution is 2.09. The average molecular weight is 273 g/mol. The van der Waals surface area contributed by atoms with E-state index in [0.717, 1.165) is 0 Å². The number of hydrogen-bond donors (Lipinski definition) is 3. The lowest BCUT2D eigenvalue weighted by atomic mass is 10.1. The number of nitrogens with two attached hydrogens (primary N) is 1. The van der Waals surface area contributed by atoms with Crippen molar-refractivity contribution in [2.75, 3.05) is 0 Å². The zero-order chi connectivity index (χ0) is 13.9. The highest BCUT2D eigenvalue weighted by molar-refractivity contribution is 7.89. The van der Waals surface area contributed by atoms with Gasteiger partial charge in [-0.25, -0.2) is 13.4 Å². The number of hydrogen-bond acceptors (Lipinski definition) is 4. The quantitative estimate of drug-likeness (QED) is 0.505. The molecule has 4 N–H and O–H groups in total. The topological polar surface area (TPSA) is 114 Å². The summed E-state index contributed by atoms with van der Waals surface area (Å²) in [6, 6.07) is -0.721. The Morgan fingerprint density at radius 1 is 1.61 bits per heavy atom. The molecule has 1 rings (SSSR count). The van der Waals surface area contributed by atoms with Gasteiger partial charge in [-0.15, -0.1) is 0 Å². The lowest BCUT2D eigenvalue weighted by Crippen LogP contribution is -2.47. The number of amidine groups is 1. The van der Waals surface area contributed by atoms with Crippen LogP contribution in [-0.4, -0.2) is 29.8 Å². The Labute approximate surface area is 107 Å². The van der Waals surface area contributed by atoms with Gasteiger partial charge < -0.3 is 10.3 Å². The van der Waals surface area contributed by atoms with Gasteiger partial charge in [-0.2, -0.15) is 4.72 Å². The van der Waals surface area contributed by atoms with Crippen molar-refractivity contribution in [3.8, 4) is 0 Å². The SMILES string of the molecule is CCn1cnc(S(=O)(=O)NC(C(=N)N)C(C)C)c1. The molecule has 0 saturated carbocycles. The summed E-state index contributed by atoms with van der Waals surface area (Å²) >= 11 is 0. The molecule has 0 radical (unpaired) electrons. The first-order valence-electron chi connectivity index (χ1n) is 5.66. The maximum absolute atomic E-state index is 12.0. The molecule has 0 amide bonds. The first-order chi connectivity index (χ1) is 8.27. The van der Waals surface area contributed by atoms with Crippen molar-refractivity contribution in [2.45, 2.75) is 38.4 Å². The third-order valence-electron chi connectivity index (χ3n) is 2.53. The lowest BCUT2D eigenvalue weighted by Gasteiger charge is -2.19. The molecule has 7 nitrogen and oxygen atoms in total. The van der Waals surface area contributed by atoms with E-state index in [1.807, 2.05) is 6.92 Å². The second-order valence-corrected chi connectivity index (χ2v) is 6.00. The molecular formula is C10H19N5O2S. The van der Waals surface area contributed by atoms with Crippen LogP contribution in [0.2, 0.25) is 0 Å². The summed E-state index contributed by atoms with van der Waals surface area (Å²) in [6.45, 7) is 6.11. The number of sulfonamides is 1. The maximum atomic E-state index is 12.0. The lowest BCUT2D eigenvalue weighted by molar-refractivity contribution is 0.520. The van der Waals surface area contributed by atoms with E-state index in [1.165, 1.54) is 12.5 Å². The molecule has 0 spiro atoms. The van der Waals surface area contributed by atoms with Crippen LogP contribution in [0.5, 0.6) is 0 Å². The smallest absolute Gasteiger partial charge is 0.260 e. The van der Waals surface area contributed by atoms with E-state index in [4.69, 9.17) is 11.1 Å². The van der Waals surface area contributed by atoms with Crippen molar-refractivity contribution in [3.63, 3.8) is 0 Å². The monoisotopic (exact) mass is 273 g/mol. The largest absolute Gasteiger partial charge is 0.386 e. The summed E-state index contributed by atoms with van der Waals surface area (Å²) in [4.78, 5) is 3.83. The molecule has 0 bridgehead atoms. The van der Waals surface area contributed by atoms with Gasteiger partial charge in [0.25, 0.3) is 10.0 Å². The molecule has 1 aromatic rings. The Morgan fingerprint density at radius 2 is 2.22 bits per heavy atom. The highest BCUT2D eigenvalue weighted by atomic mass is 32.2. The fourth-order valence-electron chi connectivity index (χ4n) is 1.44. The van der Waals surface area contributed by atoms with Gasteiger partial charge in [0.2, 0.25) is 0 Å². The van der Waals surface area contributed by atoms with Crippen LogP contribution in [0.1, 0.15) is 20.8 Å². The zero-order valence-electron chi connectivity index (χ0n) is 10.7. The van der Waals surface area contributed by atoms with Gasteiger partial charge in [-0.3, -0.25) is 5.41 Å². The molecule has 18 heavy (non-hydrogen) atoms. The Bertz CT molecular complexity index is 520. The molecule has 1 atom stereocenters. The van der Waals surface area contributed by atoms with E-state index in [0.29, 0.717) is 6.54 Å². The number of nitrogens with zero attached hydrogens (tertiary/aromatic N) is 2. The van der Waals surface area contributed by atoms with Gasteiger partial charge >= 0.3 is 0 Å². The van der Waals surface area contributed by atoms with Crippen molar-refractivity contribution >= 4 is 15.9 Å². The van der Waals surface area contributed by atoms with Gasteiger partial charge in [0.15, 0.2) is 5.03 Å². The Kier molecular flexibility index (Phi) is 4.47. The molecule has 0 aromatic carbocycles. The summed E-state index contributed by atoms with van der Waals surface area (Å²) in [5.41, 5.74) is 5.39. The Hall–Kier alpha value is -1.41. The van der Waals surface area contributed by atoms with Gasteiger partial charge in [0.1, 0.15) is 5.84 Å². The van der Waals surface area contributed by atoms with Crippen LogP contribution in [0.3, 0.4) is 0 Å². The average Bonchev–Trinajstić information content (AvgIpc) is 2.74. The number of rotatable bonds is 6. The van der Waals surface area contributed by atoms with E-state index < -0.39 is 16.1 Å². The van der Waals surface area contributed by atoms with Crippen molar-refractivity contribution in [1.29, 1.82) is 5.41 Å². The van der Waals surface area contributed by atoms with E-state index in [2.05, 4.69) is 9.71 Å². The van der Waals surface area contributed by atoms with Crippen molar-refractivity contribution in [1.82, 2.24) is 14.3 Å². The van der Waals surface area contributed by atoms with Gasteiger partial charge in [0.05, 0.1) is 12.4 Å². The minimum Gasteiger partial charge on any atom is -0.386 e. The van der Waals surface area contributed by atoms with E-state index in [1.54, 1.807) is 18.4 Å². The van der Waals surface area contributed by atoms with Crippen LogP contribution in [0, 0.1) is 11.3 Å².